The first-order chi connectivity index (χ1) is 8.22. The lowest BCUT2D eigenvalue weighted by molar-refractivity contribution is 0.0337. The third kappa shape index (κ3) is 2.97. The Morgan fingerprint density at radius 1 is 1.41 bits per heavy atom. The highest BCUT2D eigenvalue weighted by atomic mass is 79.9. The topological polar surface area (TPSA) is 21.7 Å². The van der Waals surface area contributed by atoms with E-state index < -0.39 is 0 Å². The molecular formula is C12H15BrFNO2. The summed E-state index contributed by atoms with van der Waals surface area (Å²) in [4.78, 5) is 2.23. The molecule has 0 bridgehead atoms. The molecule has 1 aliphatic rings. The van der Waals surface area contributed by atoms with Crippen LogP contribution in [-0.2, 0) is 11.3 Å². The van der Waals surface area contributed by atoms with Crippen LogP contribution in [0.5, 0.6) is 5.75 Å². The number of nitrogens with zero attached hydrogens (tertiary/aromatic N) is 1. The minimum Gasteiger partial charge on any atom is -0.496 e. The van der Waals surface area contributed by atoms with Gasteiger partial charge in [0.15, 0.2) is 0 Å². The minimum absolute atomic E-state index is 0.256. The van der Waals surface area contributed by atoms with Crippen LogP contribution in [0.2, 0.25) is 0 Å². The first kappa shape index (κ1) is 12.8. The van der Waals surface area contributed by atoms with Gasteiger partial charge in [-0.15, -0.1) is 0 Å². The maximum absolute atomic E-state index is 13.5. The van der Waals surface area contributed by atoms with E-state index >= 15 is 0 Å². The molecule has 1 aromatic rings. The number of halogens is 2. The summed E-state index contributed by atoms with van der Waals surface area (Å²) in [5, 5.41) is 0. The molecule has 0 amide bonds. The van der Waals surface area contributed by atoms with Gasteiger partial charge in [-0.3, -0.25) is 4.90 Å². The molecule has 0 unspecified atom stereocenters. The molecule has 1 aromatic carbocycles. The standard InChI is InChI=1S/C12H15BrFNO2/c1-16-11-3-2-10(14)12(13)9(11)8-15-4-6-17-7-5-15/h2-3H,4-8H2,1H3. The Morgan fingerprint density at radius 3 is 2.76 bits per heavy atom. The third-order valence-electron chi connectivity index (χ3n) is 2.86. The lowest BCUT2D eigenvalue weighted by Gasteiger charge is -2.27. The molecule has 0 saturated carbocycles. The second-order valence-electron chi connectivity index (χ2n) is 3.93. The Balaban J connectivity index is 2.20. The molecule has 0 atom stereocenters. The van der Waals surface area contributed by atoms with Gasteiger partial charge < -0.3 is 9.47 Å². The number of methoxy groups -OCH3 is 1. The number of benzene rings is 1. The monoisotopic (exact) mass is 303 g/mol. The van der Waals surface area contributed by atoms with Crippen molar-refractivity contribution in [3.63, 3.8) is 0 Å². The number of morpholine rings is 1. The Kier molecular flexibility index (Phi) is 4.36. The predicted octanol–water partition coefficient (Wildman–Crippen LogP) is 2.43. The summed E-state index contributed by atoms with van der Waals surface area (Å²) in [6.45, 7) is 3.87. The van der Waals surface area contributed by atoms with E-state index in [0.29, 0.717) is 16.8 Å². The van der Waals surface area contributed by atoms with Crippen molar-refractivity contribution < 1.29 is 13.9 Å². The molecule has 1 fully saturated rings. The van der Waals surface area contributed by atoms with Crippen molar-refractivity contribution in [3.8, 4) is 5.75 Å². The fraction of sp³-hybridized carbons (Fsp3) is 0.500. The van der Waals surface area contributed by atoms with Crippen LogP contribution in [0, 0.1) is 5.82 Å². The lowest BCUT2D eigenvalue weighted by atomic mass is 10.1. The summed E-state index contributed by atoms with van der Waals surface area (Å²) >= 11 is 3.29. The highest BCUT2D eigenvalue weighted by Crippen LogP contribution is 2.30. The van der Waals surface area contributed by atoms with Crippen LogP contribution in [0.4, 0.5) is 4.39 Å². The molecular weight excluding hydrogens is 289 g/mol. The number of rotatable bonds is 3. The van der Waals surface area contributed by atoms with Crippen LogP contribution in [0.25, 0.3) is 0 Å². The molecule has 0 aliphatic carbocycles. The molecule has 5 heteroatoms. The van der Waals surface area contributed by atoms with Crippen molar-refractivity contribution >= 4 is 15.9 Å². The van der Waals surface area contributed by atoms with Gasteiger partial charge in [-0.25, -0.2) is 4.39 Å². The third-order valence-corrected chi connectivity index (χ3v) is 3.72. The lowest BCUT2D eigenvalue weighted by Crippen LogP contribution is -2.35. The van der Waals surface area contributed by atoms with Crippen LogP contribution in [0.15, 0.2) is 16.6 Å². The van der Waals surface area contributed by atoms with Gasteiger partial charge in [0.2, 0.25) is 0 Å². The molecule has 1 saturated heterocycles. The van der Waals surface area contributed by atoms with E-state index in [-0.39, 0.29) is 5.82 Å². The molecule has 0 aromatic heterocycles. The molecule has 17 heavy (non-hydrogen) atoms. The SMILES string of the molecule is COc1ccc(F)c(Br)c1CN1CCOCC1. The van der Waals surface area contributed by atoms with Crippen LogP contribution < -0.4 is 4.74 Å². The van der Waals surface area contributed by atoms with E-state index in [1.807, 2.05) is 0 Å². The largest absolute Gasteiger partial charge is 0.496 e. The van der Waals surface area contributed by atoms with Crippen molar-refractivity contribution in [1.29, 1.82) is 0 Å². The zero-order chi connectivity index (χ0) is 12.3. The summed E-state index contributed by atoms with van der Waals surface area (Å²) in [5.74, 6) is 0.457. The first-order valence-corrected chi connectivity index (χ1v) is 6.32. The summed E-state index contributed by atoms with van der Waals surface area (Å²) < 4.78 is 24.6. The number of hydrogen-bond acceptors (Lipinski definition) is 3. The predicted molar refractivity (Wildman–Crippen MR) is 66.7 cm³/mol. The van der Waals surface area contributed by atoms with Crippen molar-refractivity contribution in [2.75, 3.05) is 33.4 Å². The van der Waals surface area contributed by atoms with Crippen molar-refractivity contribution in [2.45, 2.75) is 6.54 Å². The Bertz CT molecular complexity index is 394. The minimum atomic E-state index is -0.256. The Hall–Kier alpha value is -0.650. The summed E-state index contributed by atoms with van der Waals surface area (Å²) in [5.41, 5.74) is 0.856. The first-order valence-electron chi connectivity index (χ1n) is 5.53. The van der Waals surface area contributed by atoms with Crippen LogP contribution in [-0.4, -0.2) is 38.3 Å². The van der Waals surface area contributed by atoms with Crippen LogP contribution in [0.1, 0.15) is 5.56 Å². The van der Waals surface area contributed by atoms with Crippen molar-refractivity contribution in [2.24, 2.45) is 0 Å². The van der Waals surface area contributed by atoms with Gasteiger partial charge in [0.05, 0.1) is 24.8 Å². The maximum Gasteiger partial charge on any atom is 0.137 e. The van der Waals surface area contributed by atoms with Gasteiger partial charge in [-0.1, -0.05) is 0 Å². The van der Waals surface area contributed by atoms with Gasteiger partial charge in [0, 0.05) is 25.2 Å². The second-order valence-corrected chi connectivity index (χ2v) is 4.72. The van der Waals surface area contributed by atoms with Gasteiger partial charge in [0.1, 0.15) is 11.6 Å². The Labute approximate surface area is 109 Å². The Morgan fingerprint density at radius 2 is 2.12 bits per heavy atom. The summed E-state index contributed by atoms with van der Waals surface area (Å²) in [7, 11) is 1.60. The van der Waals surface area contributed by atoms with E-state index in [9.17, 15) is 4.39 Å². The fourth-order valence-corrected chi connectivity index (χ4v) is 2.35. The second kappa shape index (κ2) is 5.80. The van der Waals surface area contributed by atoms with E-state index in [2.05, 4.69) is 20.8 Å². The van der Waals surface area contributed by atoms with Crippen LogP contribution in [0.3, 0.4) is 0 Å². The highest BCUT2D eigenvalue weighted by molar-refractivity contribution is 9.10. The van der Waals surface area contributed by atoms with E-state index in [0.717, 1.165) is 31.9 Å². The number of hydrogen-bond donors (Lipinski definition) is 0. The zero-order valence-corrected chi connectivity index (χ0v) is 11.3. The van der Waals surface area contributed by atoms with Crippen LogP contribution >= 0.6 is 15.9 Å². The van der Waals surface area contributed by atoms with E-state index in [4.69, 9.17) is 9.47 Å². The van der Waals surface area contributed by atoms with Gasteiger partial charge in [0.25, 0.3) is 0 Å². The van der Waals surface area contributed by atoms with Crippen molar-refractivity contribution in [1.82, 2.24) is 4.90 Å². The molecule has 0 radical (unpaired) electrons. The van der Waals surface area contributed by atoms with Gasteiger partial charge >= 0.3 is 0 Å². The van der Waals surface area contributed by atoms with E-state index in [1.165, 1.54) is 6.07 Å². The fourth-order valence-electron chi connectivity index (χ4n) is 1.90. The molecule has 2 rings (SSSR count). The highest BCUT2D eigenvalue weighted by Gasteiger charge is 2.17. The maximum atomic E-state index is 13.5. The summed E-state index contributed by atoms with van der Waals surface area (Å²) in [6, 6.07) is 3.07. The molecule has 0 N–H and O–H groups in total. The molecule has 0 spiro atoms. The van der Waals surface area contributed by atoms with Gasteiger partial charge in [-0.2, -0.15) is 0 Å². The molecule has 1 heterocycles. The molecule has 94 valence electrons. The normalized spacial score (nSPS) is 17.1. The molecule has 3 nitrogen and oxygen atoms in total. The zero-order valence-electron chi connectivity index (χ0n) is 9.71. The average molecular weight is 304 g/mol. The van der Waals surface area contributed by atoms with E-state index in [1.54, 1.807) is 13.2 Å². The average Bonchev–Trinajstić information content (AvgIpc) is 2.37. The van der Waals surface area contributed by atoms with Gasteiger partial charge in [-0.05, 0) is 28.1 Å². The van der Waals surface area contributed by atoms with Crippen molar-refractivity contribution in [3.05, 3.63) is 28.0 Å². The molecule has 1 aliphatic heterocycles. The number of ether oxygens (including phenoxy) is 2. The summed E-state index contributed by atoms with van der Waals surface area (Å²) in [6.07, 6.45) is 0. The quantitative estimate of drug-likeness (QED) is 0.856. The smallest absolute Gasteiger partial charge is 0.137 e.